The Morgan fingerprint density at radius 1 is 1.26 bits per heavy atom. The van der Waals surface area contributed by atoms with Crippen LogP contribution in [0.3, 0.4) is 0 Å². The third-order valence-corrected chi connectivity index (χ3v) is 4.74. The van der Waals surface area contributed by atoms with Crippen LogP contribution in [0, 0.1) is 5.92 Å². The summed E-state index contributed by atoms with van der Waals surface area (Å²) >= 11 is 3.30. The first kappa shape index (κ1) is 16.3. The van der Waals surface area contributed by atoms with Crippen LogP contribution in [0.5, 0.6) is 0 Å². The van der Waals surface area contributed by atoms with Gasteiger partial charge in [-0.1, -0.05) is 41.9 Å². The SMILES string of the molecule is CC(C)C[C@H](C=O)NS(=O)(=O)c1ccc(CBr)cc1. The van der Waals surface area contributed by atoms with Crippen molar-refractivity contribution in [1.29, 1.82) is 0 Å². The summed E-state index contributed by atoms with van der Waals surface area (Å²) in [4.78, 5) is 11.1. The molecular formula is C13H18BrNO3S. The van der Waals surface area contributed by atoms with Gasteiger partial charge in [-0.3, -0.25) is 0 Å². The molecule has 0 heterocycles. The number of benzene rings is 1. The second kappa shape index (κ2) is 7.17. The zero-order chi connectivity index (χ0) is 14.5. The zero-order valence-electron chi connectivity index (χ0n) is 11.0. The first-order valence-electron chi connectivity index (χ1n) is 6.01. The maximum absolute atomic E-state index is 12.1. The minimum Gasteiger partial charge on any atom is -0.302 e. The zero-order valence-corrected chi connectivity index (χ0v) is 13.4. The smallest absolute Gasteiger partial charge is 0.241 e. The first-order chi connectivity index (χ1) is 8.89. The second-order valence-corrected chi connectivity index (χ2v) is 7.05. The van der Waals surface area contributed by atoms with Crippen LogP contribution in [0.15, 0.2) is 29.2 Å². The molecule has 0 radical (unpaired) electrons. The minimum atomic E-state index is -3.64. The number of hydrogen-bond donors (Lipinski definition) is 1. The van der Waals surface area contributed by atoms with Gasteiger partial charge in [0, 0.05) is 5.33 Å². The van der Waals surface area contributed by atoms with Crippen LogP contribution in [-0.2, 0) is 20.1 Å². The van der Waals surface area contributed by atoms with Crippen molar-refractivity contribution in [1.82, 2.24) is 4.72 Å². The summed E-state index contributed by atoms with van der Waals surface area (Å²) in [5, 5.41) is 0.672. The van der Waals surface area contributed by atoms with Gasteiger partial charge in [-0.25, -0.2) is 13.1 Å². The lowest BCUT2D eigenvalue weighted by atomic mass is 10.1. The second-order valence-electron chi connectivity index (χ2n) is 4.77. The summed E-state index contributed by atoms with van der Waals surface area (Å²) in [6.07, 6.45) is 1.13. The van der Waals surface area contributed by atoms with Crippen molar-refractivity contribution >= 4 is 32.2 Å². The van der Waals surface area contributed by atoms with Crippen molar-refractivity contribution in [2.75, 3.05) is 0 Å². The van der Waals surface area contributed by atoms with Crippen LogP contribution in [-0.4, -0.2) is 20.7 Å². The number of halogens is 1. The quantitative estimate of drug-likeness (QED) is 0.608. The average molecular weight is 348 g/mol. The largest absolute Gasteiger partial charge is 0.302 e. The molecule has 0 unspecified atom stereocenters. The minimum absolute atomic E-state index is 0.174. The summed E-state index contributed by atoms with van der Waals surface area (Å²) in [7, 11) is -3.64. The summed E-state index contributed by atoms with van der Waals surface area (Å²) in [5.74, 6) is 0.244. The molecule has 1 aromatic carbocycles. The third kappa shape index (κ3) is 5.04. The Morgan fingerprint density at radius 2 is 1.84 bits per heavy atom. The van der Waals surface area contributed by atoms with E-state index in [0.717, 1.165) is 5.56 Å². The molecular weight excluding hydrogens is 330 g/mol. The fourth-order valence-electron chi connectivity index (χ4n) is 1.66. The molecule has 0 aromatic heterocycles. The summed E-state index contributed by atoms with van der Waals surface area (Å²) < 4.78 is 26.6. The molecule has 1 N–H and O–H groups in total. The number of carbonyl (C=O) groups excluding carboxylic acids is 1. The van der Waals surface area contributed by atoms with Crippen LogP contribution in [0.4, 0.5) is 0 Å². The predicted molar refractivity (Wildman–Crippen MR) is 78.7 cm³/mol. The van der Waals surface area contributed by atoms with E-state index in [1.165, 1.54) is 12.1 Å². The van der Waals surface area contributed by atoms with Crippen molar-refractivity contribution in [3.8, 4) is 0 Å². The van der Waals surface area contributed by atoms with Crippen LogP contribution in [0.1, 0.15) is 25.8 Å². The lowest BCUT2D eigenvalue weighted by molar-refractivity contribution is -0.109. The Kier molecular flexibility index (Phi) is 6.16. The van der Waals surface area contributed by atoms with E-state index in [9.17, 15) is 13.2 Å². The van der Waals surface area contributed by atoms with E-state index in [1.54, 1.807) is 12.1 Å². The molecule has 0 fully saturated rings. The monoisotopic (exact) mass is 347 g/mol. The van der Waals surface area contributed by atoms with Gasteiger partial charge >= 0.3 is 0 Å². The molecule has 0 saturated carbocycles. The van der Waals surface area contributed by atoms with Crippen molar-refractivity contribution in [2.45, 2.75) is 36.5 Å². The van der Waals surface area contributed by atoms with Crippen molar-refractivity contribution in [3.63, 3.8) is 0 Å². The van der Waals surface area contributed by atoms with Gasteiger partial charge in [-0.05, 0) is 30.0 Å². The van der Waals surface area contributed by atoms with E-state index >= 15 is 0 Å². The maximum atomic E-state index is 12.1. The summed E-state index contributed by atoms with van der Waals surface area (Å²) in [5.41, 5.74) is 0.994. The highest BCUT2D eigenvalue weighted by atomic mass is 79.9. The average Bonchev–Trinajstić information content (AvgIpc) is 2.37. The number of sulfonamides is 1. The number of aldehydes is 1. The Balaban J connectivity index is 2.87. The number of hydrogen-bond acceptors (Lipinski definition) is 3. The normalized spacial score (nSPS) is 13.5. The molecule has 0 aliphatic carbocycles. The molecule has 0 bridgehead atoms. The molecule has 0 aliphatic rings. The summed E-state index contributed by atoms with van der Waals surface area (Å²) in [6.45, 7) is 3.88. The van der Waals surface area contributed by atoms with Gasteiger partial charge in [0.15, 0.2) is 0 Å². The molecule has 0 spiro atoms. The van der Waals surface area contributed by atoms with E-state index in [0.29, 0.717) is 18.0 Å². The molecule has 0 amide bonds. The van der Waals surface area contributed by atoms with Gasteiger partial charge in [0.05, 0.1) is 10.9 Å². The van der Waals surface area contributed by atoms with Crippen LogP contribution in [0.25, 0.3) is 0 Å². The lowest BCUT2D eigenvalue weighted by Crippen LogP contribution is -2.36. The number of carbonyl (C=O) groups is 1. The Labute approximate surface area is 122 Å². The molecule has 4 nitrogen and oxygen atoms in total. The van der Waals surface area contributed by atoms with Gasteiger partial charge in [0.2, 0.25) is 10.0 Å². The molecule has 1 atom stereocenters. The predicted octanol–water partition coefficient (Wildman–Crippen LogP) is 2.47. The highest BCUT2D eigenvalue weighted by Crippen LogP contribution is 2.14. The lowest BCUT2D eigenvalue weighted by Gasteiger charge is -2.15. The van der Waals surface area contributed by atoms with Gasteiger partial charge in [-0.15, -0.1) is 0 Å². The highest BCUT2D eigenvalue weighted by molar-refractivity contribution is 9.08. The van der Waals surface area contributed by atoms with Crippen molar-refractivity contribution in [2.24, 2.45) is 5.92 Å². The first-order valence-corrected chi connectivity index (χ1v) is 8.62. The van der Waals surface area contributed by atoms with Crippen molar-refractivity contribution < 1.29 is 13.2 Å². The number of rotatable bonds is 7. The van der Waals surface area contributed by atoms with Gasteiger partial charge in [-0.2, -0.15) is 0 Å². The Bertz CT molecular complexity index is 511. The fourth-order valence-corrected chi connectivity index (χ4v) is 3.22. The maximum Gasteiger partial charge on any atom is 0.241 e. The van der Waals surface area contributed by atoms with E-state index in [4.69, 9.17) is 0 Å². The molecule has 1 aromatic rings. The molecule has 0 saturated heterocycles. The molecule has 106 valence electrons. The van der Waals surface area contributed by atoms with Crippen LogP contribution < -0.4 is 4.72 Å². The Hall–Kier alpha value is -0.720. The Morgan fingerprint density at radius 3 is 2.26 bits per heavy atom. The number of nitrogens with one attached hydrogen (secondary N) is 1. The topological polar surface area (TPSA) is 63.2 Å². The molecule has 19 heavy (non-hydrogen) atoms. The van der Waals surface area contributed by atoms with E-state index in [-0.39, 0.29) is 10.8 Å². The standard InChI is InChI=1S/C13H18BrNO3S/c1-10(2)7-12(9-16)15-19(17,18)13-5-3-11(8-14)4-6-13/h3-6,9-10,12,15H,7-8H2,1-2H3/t12-/m1/s1. The molecule has 0 aliphatic heterocycles. The van der Waals surface area contributed by atoms with Gasteiger partial charge < -0.3 is 4.79 Å². The number of alkyl halides is 1. The molecule has 6 heteroatoms. The van der Waals surface area contributed by atoms with Gasteiger partial charge in [0.25, 0.3) is 0 Å². The van der Waals surface area contributed by atoms with Crippen LogP contribution in [0.2, 0.25) is 0 Å². The van der Waals surface area contributed by atoms with E-state index in [1.807, 2.05) is 13.8 Å². The third-order valence-electron chi connectivity index (χ3n) is 2.58. The summed E-state index contributed by atoms with van der Waals surface area (Å²) in [6, 6.07) is 5.87. The molecule has 1 rings (SSSR count). The van der Waals surface area contributed by atoms with Gasteiger partial charge in [0.1, 0.15) is 6.29 Å². The van der Waals surface area contributed by atoms with Crippen LogP contribution >= 0.6 is 15.9 Å². The fraction of sp³-hybridized carbons (Fsp3) is 0.462. The van der Waals surface area contributed by atoms with E-state index in [2.05, 4.69) is 20.7 Å². The van der Waals surface area contributed by atoms with Crippen molar-refractivity contribution in [3.05, 3.63) is 29.8 Å². The highest BCUT2D eigenvalue weighted by Gasteiger charge is 2.20. The van der Waals surface area contributed by atoms with E-state index < -0.39 is 16.1 Å².